The highest BCUT2D eigenvalue weighted by molar-refractivity contribution is 5.91. The Morgan fingerprint density at radius 1 is 1.37 bits per heavy atom. The first kappa shape index (κ1) is 12.7. The summed E-state index contributed by atoms with van der Waals surface area (Å²) in [5.41, 5.74) is 8.22. The van der Waals surface area contributed by atoms with Gasteiger partial charge in [-0.25, -0.2) is 0 Å². The van der Waals surface area contributed by atoms with Crippen LogP contribution in [-0.4, -0.2) is 29.9 Å². The molecule has 1 heterocycles. The second-order valence-electron chi connectivity index (χ2n) is 6.05. The molecule has 0 spiro atoms. The van der Waals surface area contributed by atoms with E-state index in [9.17, 15) is 4.79 Å². The summed E-state index contributed by atoms with van der Waals surface area (Å²) in [7, 11) is 0. The fourth-order valence-electron chi connectivity index (χ4n) is 3.33. The van der Waals surface area contributed by atoms with Crippen molar-refractivity contribution >= 4 is 5.91 Å². The van der Waals surface area contributed by atoms with Crippen molar-refractivity contribution in [1.82, 2.24) is 4.90 Å². The average Bonchev–Trinajstić information content (AvgIpc) is 3.20. The predicted molar refractivity (Wildman–Crippen MR) is 75.9 cm³/mol. The van der Waals surface area contributed by atoms with Crippen LogP contribution >= 0.6 is 0 Å². The van der Waals surface area contributed by atoms with Crippen LogP contribution in [0, 0.1) is 6.92 Å². The van der Waals surface area contributed by atoms with Crippen LogP contribution in [0.25, 0.3) is 0 Å². The Hall–Kier alpha value is -1.35. The van der Waals surface area contributed by atoms with Crippen molar-refractivity contribution in [3.05, 3.63) is 35.4 Å². The molecule has 1 aliphatic carbocycles. The van der Waals surface area contributed by atoms with Crippen molar-refractivity contribution in [2.45, 2.75) is 44.1 Å². The number of amides is 1. The minimum atomic E-state index is -0.234. The molecule has 102 valence electrons. The van der Waals surface area contributed by atoms with Crippen LogP contribution in [0.4, 0.5) is 0 Å². The van der Waals surface area contributed by atoms with Crippen molar-refractivity contribution in [2.75, 3.05) is 13.1 Å². The number of piperidine rings is 1. The van der Waals surface area contributed by atoms with Gasteiger partial charge in [-0.15, -0.1) is 0 Å². The van der Waals surface area contributed by atoms with Crippen molar-refractivity contribution in [3.63, 3.8) is 0 Å². The molecule has 1 aliphatic heterocycles. The molecule has 0 aromatic heterocycles. The van der Waals surface area contributed by atoms with Crippen molar-refractivity contribution in [3.8, 4) is 0 Å². The molecule has 19 heavy (non-hydrogen) atoms. The van der Waals surface area contributed by atoms with Crippen LogP contribution in [-0.2, 0) is 10.2 Å². The van der Waals surface area contributed by atoms with Gasteiger partial charge in [-0.3, -0.25) is 4.79 Å². The number of carbonyl (C=O) groups is 1. The van der Waals surface area contributed by atoms with E-state index in [0.717, 1.165) is 38.8 Å². The SMILES string of the molecule is Cc1ccccc1C1(C(=O)N2CCC[C@@H](N)C2)CC1. The molecule has 2 N–H and O–H groups in total. The van der Waals surface area contributed by atoms with Crippen LogP contribution in [0.15, 0.2) is 24.3 Å². The lowest BCUT2D eigenvalue weighted by atomic mass is 9.89. The molecule has 1 saturated carbocycles. The monoisotopic (exact) mass is 258 g/mol. The summed E-state index contributed by atoms with van der Waals surface area (Å²) in [4.78, 5) is 14.8. The summed E-state index contributed by atoms with van der Waals surface area (Å²) < 4.78 is 0. The Kier molecular flexibility index (Phi) is 3.09. The summed E-state index contributed by atoms with van der Waals surface area (Å²) in [5, 5.41) is 0. The third-order valence-corrected chi connectivity index (χ3v) is 4.57. The van der Waals surface area contributed by atoms with Gasteiger partial charge in [0.2, 0.25) is 5.91 Å². The summed E-state index contributed by atoms with van der Waals surface area (Å²) in [6, 6.07) is 8.45. The number of aryl methyl sites for hydroxylation is 1. The highest BCUT2D eigenvalue weighted by Crippen LogP contribution is 2.50. The van der Waals surface area contributed by atoms with Gasteiger partial charge in [-0.1, -0.05) is 24.3 Å². The topological polar surface area (TPSA) is 46.3 Å². The fourth-order valence-corrected chi connectivity index (χ4v) is 3.33. The number of carbonyl (C=O) groups excluding carboxylic acids is 1. The molecule has 3 heteroatoms. The molecule has 1 amide bonds. The van der Waals surface area contributed by atoms with Crippen molar-refractivity contribution in [2.24, 2.45) is 5.73 Å². The molecule has 0 unspecified atom stereocenters. The summed E-state index contributed by atoms with van der Waals surface area (Å²) in [6.07, 6.45) is 4.06. The Morgan fingerprint density at radius 2 is 2.11 bits per heavy atom. The standard InChI is InChI=1S/C16H22N2O/c1-12-5-2-3-7-14(12)16(8-9-16)15(19)18-10-4-6-13(17)11-18/h2-3,5,7,13H,4,6,8-11,17H2,1H3/t13-/m1/s1. The minimum Gasteiger partial charge on any atom is -0.340 e. The smallest absolute Gasteiger partial charge is 0.233 e. The number of rotatable bonds is 2. The van der Waals surface area contributed by atoms with Crippen molar-refractivity contribution < 1.29 is 4.79 Å². The van der Waals surface area contributed by atoms with Gasteiger partial charge in [0.25, 0.3) is 0 Å². The van der Waals surface area contributed by atoms with Gasteiger partial charge < -0.3 is 10.6 Å². The number of hydrogen-bond donors (Lipinski definition) is 1. The molecular formula is C16H22N2O. The van der Waals surface area contributed by atoms with E-state index >= 15 is 0 Å². The van der Waals surface area contributed by atoms with Crippen LogP contribution in [0.5, 0.6) is 0 Å². The Morgan fingerprint density at radius 3 is 2.74 bits per heavy atom. The Labute approximate surface area is 114 Å². The number of likely N-dealkylation sites (tertiary alicyclic amines) is 1. The van der Waals surface area contributed by atoms with E-state index in [1.165, 1.54) is 11.1 Å². The maximum Gasteiger partial charge on any atom is 0.233 e. The van der Waals surface area contributed by atoms with Gasteiger partial charge in [-0.2, -0.15) is 0 Å². The highest BCUT2D eigenvalue weighted by Gasteiger charge is 2.53. The Balaban J connectivity index is 1.85. The van der Waals surface area contributed by atoms with E-state index in [0.29, 0.717) is 5.91 Å². The van der Waals surface area contributed by atoms with Gasteiger partial charge >= 0.3 is 0 Å². The fraction of sp³-hybridized carbons (Fsp3) is 0.562. The molecule has 2 fully saturated rings. The second-order valence-corrected chi connectivity index (χ2v) is 6.05. The highest BCUT2D eigenvalue weighted by atomic mass is 16.2. The molecule has 1 saturated heterocycles. The summed E-state index contributed by atoms with van der Waals surface area (Å²) in [6.45, 7) is 3.71. The molecule has 1 atom stereocenters. The van der Waals surface area contributed by atoms with Crippen LogP contribution in [0.1, 0.15) is 36.8 Å². The van der Waals surface area contributed by atoms with E-state index in [2.05, 4.69) is 19.1 Å². The summed E-state index contributed by atoms with van der Waals surface area (Å²) in [5.74, 6) is 0.303. The molecule has 3 nitrogen and oxygen atoms in total. The molecule has 3 rings (SSSR count). The Bertz CT molecular complexity index is 493. The largest absolute Gasteiger partial charge is 0.340 e. The third-order valence-electron chi connectivity index (χ3n) is 4.57. The lowest BCUT2D eigenvalue weighted by Gasteiger charge is -2.34. The molecule has 0 radical (unpaired) electrons. The zero-order valence-corrected chi connectivity index (χ0v) is 11.6. The zero-order chi connectivity index (χ0) is 13.5. The first-order valence-electron chi connectivity index (χ1n) is 7.24. The van der Waals surface area contributed by atoms with E-state index in [4.69, 9.17) is 5.73 Å². The number of hydrogen-bond acceptors (Lipinski definition) is 2. The van der Waals surface area contributed by atoms with E-state index in [1.807, 2.05) is 17.0 Å². The van der Waals surface area contributed by atoms with E-state index in [-0.39, 0.29) is 11.5 Å². The molecule has 0 bridgehead atoms. The third kappa shape index (κ3) is 2.16. The zero-order valence-electron chi connectivity index (χ0n) is 11.6. The average molecular weight is 258 g/mol. The normalized spacial score (nSPS) is 25.2. The first-order valence-corrected chi connectivity index (χ1v) is 7.24. The first-order chi connectivity index (χ1) is 9.13. The van der Waals surface area contributed by atoms with Gasteiger partial charge in [0.05, 0.1) is 5.41 Å². The maximum absolute atomic E-state index is 12.9. The van der Waals surface area contributed by atoms with Crippen molar-refractivity contribution in [1.29, 1.82) is 0 Å². The van der Waals surface area contributed by atoms with Gasteiger partial charge in [0.1, 0.15) is 0 Å². The quantitative estimate of drug-likeness (QED) is 0.881. The lowest BCUT2D eigenvalue weighted by molar-refractivity contribution is -0.135. The van der Waals surface area contributed by atoms with Gasteiger partial charge in [0.15, 0.2) is 0 Å². The van der Waals surface area contributed by atoms with Crippen LogP contribution < -0.4 is 5.73 Å². The molecule has 2 aliphatic rings. The molecule has 1 aromatic rings. The molecular weight excluding hydrogens is 236 g/mol. The van der Waals surface area contributed by atoms with E-state index in [1.54, 1.807) is 0 Å². The lowest BCUT2D eigenvalue weighted by Crippen LogP contribution is -2.49. The predicted octanol–water partition coefficient (Wildman–Crippen LogP) is 1.98. The number of nitrogens with zero attached hydrogens (tertiary/aromatic N) is 1. The van der Waals surface area contributed by atoms with Crippen LogP contribution in [0.3, 0.4) is 0 Å². The van der Waals surface area contributed by atoms with Gasteiger partial charge in [-0.05, 0) is 43.7 Å². The maximum atomic E-state index is 12.9. The van der Waals surface area contributed by atoms with Gasteiger partial charge in [0, 0.05) is 19.1 Å². The number of benzene rings is 1. The minimum absolute atomic E-state index is 0.158. The van der Waals surface area contributed by atoms with Crippen LogP contribution in [0.2, 0.25) is 0 Å². The second kappa shape index (κ2) is 4.64. The molecule has 1 aromatic carbocycles. The number of nitrogens with two attached hydrogens (primary N) is 1. The van der Waals surface area contributed by atoms with E-state index < -0.39 is 0 Å². The summed E-state index contributed by atoms with van der Waals surface area (Å²) >= 11 is 0.